The lowest BCUT2D eigenvalue weighted by Crippen LogP contribution is -2.08. The van der Waals surface area contributed by atoms with Crippen molar-refractivity contribution in [1.29, 1.82) is 0 Å². The Labute approximate surface area is 88.0 Å². The quantitative estimate of drug-likeness (QED) is 0.597. The first-order valence-corrected chi connectivity index (χ1v) is 4.20. The average Bonchev–Trinajstić information content (AvgIpc) is 2.16. The van der Waals surface area contributed by atoms with Gasteiger partial charge in [-0.1, -0.05) is 0 Å². The van der Waals surface area contributed by atoms with Gasteiger partial charge in [-0.05, 0) is 6.92 Å². The van der Waals surface area contributed by atoms with Gasteiger partial charge in [0, 0.05) is 12.3 Å². The summed E-state index contributed by atoms with van der Waals surface area (Å²) in [5, 5.41) is 10.5. The summed E-state index contributed by atoms with van der Waals surface area (Å²) >= 11 is 0. The van der Waals surface area contributed by atoms with Gasteiger partial charge in [-0.15, -0.1) is 0 Å². The average molecular weight is 236 g/mol. The van der Waals surface area contributed by atoms with E-state index in [0.717, 1.165) is 0 Å². The highest BCUT2D eigenvalue weighted by atomic mass is 19.4. The van der Waals surface area contributed by atoms with Crippen LogP contribution in [-0.4, -0.2) is 16.5 Å². The van der Waals surface area contributed by atoms with Gasteiger partial charge in [-0.25, -0.2) is 4.98 Å². The van der Waals surface area contributed by atoms with Crippen LogP contribution in [-0.2, 0) is 6.18 Å². The molecule has 0 saturated heterocycles. The smallest absolute Gasteiger partial charge is 0.418 e. The van der Waals surface area contributed by atoms with Crippen LogP contribution in [0.4, 0.5) is 18.9 Å². The van der Waals surface area contributed by atoms with Gasteiger partial charge in [0.25, 0.3) is 5.88 Å². The maximum absolute atomic E-state index is 12.2. The second-order valence-corrected chi connectivity index (χ2v) is 2.74. The Morgan fingerprint density at radius 3 is 2.62 bits per heavy atom. The first kappa shape index (κ1) is 12.2. The second-order valence-electron chi connectivity index (χ2n) is 2.74. The lowest BCUT2D eigenvalue weighted by atomic mass is 10.2. The third kappa shape index (κ3) is 2.59. The van der Waals surface area contributed by atoms with Crippen LogP contribution < -0.4 is 4.74 Å². The van der Waals surface area contributed by atoms with Crippen molar-refractivity contribution < 1.29 is 22.8 Å². The number of ether oxygens (including phenoxy) is 1. The predicted octanol–water partition coefficient (Wildman–Crippen LogP) is 2.41. The summed E-state index contributed by atoms with van der Waals surface area (Å²) in [6.07, 6.45) is -4.17. The number of hydrogen-bond donors (Lipinski definition) is 0. The molecule has 1 aromatic rings. The maximum atomic E-state index is 12.2. The Hall–Kier alpha value is -1.86. The number of pyridine rings is 1. The van der Waals surface area contributed by atoms with Crippen LogP contribution in [0.3, 0.4) is 0 Å². The molecule has 0 aliphatic carbocycles. The van der Waals surface area contributed by atoms with Crippen LogP contribution in [0.2, 0.25) is 0 Å². The van der Waals surface area contributed by atoms with E-state index in [1.165, 1.54) is 0 Å². The van der Waals surface area contributed by atoms with Gasteiger partial charge in [-0.2, -0.15) is 13.2 Å². The molecule has 5 nitrogen and oxygen atoms in total. The highest BCUT2D eigenvalue weighted by molar-refractivity contribution is 5.43. The van der Waals surface area contributed by atoms with Gasteiger partial charge >= 0.3 is 11.9 Å². The van der Waals surface area contributed by atoms with Crippen LogP contribution in [0.15, 0.2) is 12.3 Å². The van der Waals surface area contributed by atoms with Crippen LogP contribution in [0.5, 0.6) is 5.88 Å². The molecule has 0 atom stereocenters. The monoisotopic (exact) mass is 236 g/mol. The standard InChI is InChI=1S/C8H7F3N2O3/c1-2-16-7-6(13(14)15)3-5(4-12-7)8(9,10)11/h3-4H,2H2,1H3. The summed E-state index contributed by atoms with van der Waals surface area (Å²) in [7, 11) is 0. The Kier molecular flexibility index (Phi) is 3.31. The molecular formula is C8H7F3N2O3. The summed E-state index contributed by atoms with van der Waals surface area (Å²) < 4.78 is 41.5. The van der Waals surface area contributed by atoms with Crippen molar-refractivity contribution in [2.24, 2.45) is 0 Å². The molecule has 0 aromatic carbocycles. The molecular weight excluding hydrogens is 229 g/mol. The molecule has 0 fully saturated rings. The highest BCUT2D eigenvalue weighted by Crippen LogP contribution is 2.34. The minimum atomic E-state index is -4.66. The van der Waals surface area contributed by atoms with Crippen LogP contribution in [0.1, 0.15) is 12.5 Å². The van der Waals surface area contributed by atoms with E-state index in [0.29, 0.717) is 12.3 Å². The summed E-state index contributed by atoms with van der Waals surface area (Å²) in [5.74, 6) is -0.416. The van der Waals surface area contributed by atoms with Crippen LogP contribution >= 0.6 is 0 Å². The zero-order valence-corrected chi connectivity index (χ0v) is 8.11. The number of nitrogens with zero attached hydrogens (tertiary/aromatic N) is 2. The highest BCUT2D eigenvalue weighted by Gasteiger charge is 2.34. The zero-order chi connectivity index (χ0) is 12.3. The third-order valence-corrected chi connectivity index (χ3v) is 1.64. The lowest BCUT2D eigenvalue weighted by Gasteiger charge is -2.07. The molecule has 88 valence electrons. The molecule has 0 unspecified atom stereocenters. The van der Waals surface area contributed by atoms with E-state index in [-0.39, 0.29) is 6.61 Å². The normalized spacial score (nSPS) is 11.2. The van der Waals surface area contributed by atoms with Crippen molar-refractivity contribution in [3.8, 4) is 5.88 Å². The van der Waals surface area contributed by atoms with Crippen molar-refractivity contribution in [1.82, 2.24) is 4.98 Å². The minimum absolute atomic E-state index is 0.0825. The van der Waals surface area contributed by atoms with E-state index >= 15 is 0 Å². The molecule has 0 bridgehead atoms. The Morgan fingerprint density at radius 2 is 2.19 bits per heavy atom. The second kappa shape index (κ2) is 4.33. The Bertz CT molecular complexity index is 406. The number of hydrogen-bond acceptors (Lipinski definition) is 4. The predicted molar refractivity (Wildman–Crippen MR) is 47.1 cm³/mol. The molecule has 0 aliphatic heterocycles. The SMILES string of the molecule is CCOc1ncc(C(F)(F)F)cc1[N+](=O)[O-]. The van der Waals surface area contributed by atoms with Crippen LogP contribution in [0.25, 0.3) is 0 Å². The van der Waals surface area contributed by atoms with Crippen LogP contribution in [0, 0.1) is 10.1 Å². The van der Waals surface area contributed by atoms with Crippen molar-refractivity contribution in [3.63, 3.8) is 0 Å². The molecule has 0 aliphatic rings. The molecule has 1 aromatic heterocycles. The number of rotatable bonds is 3. The summed E-state index contributed by atoms with van der Waals surface area (Å²) in [5.41, 5.74) is -1.97. The van der Waals surface area contributed by atoms with E-state index < -0.39 is 28.2 Å². The fraction of sp³-hybridized carbons (Fsp3) is 0.375. The van der Waals surface area contributed by atoms with E-state index in [4.69, 9.17) is 4.74 Å². The van der Waals surface area contributed by atoms with Gasteiger partial charge in [0.15, 0.2) is 0 Å². The maximum Gasteiger partial charge on any atom is 0.418 e. The van der Waals surface area contributed by atoms with Crippen molar-refractivity contribution in [2.75, 3.05) is 6.61 Å². The van der Waals surface area contributed by atoms with Gasteiger partial charge < -0.3 is 4.74 Å². The van der Waals surface area contributed by atoms with E-state index in [2.05, 4.69) is 4.98 Å². The number of alkyl halides is 3. The summed E-state index contributed by atoms with van der Waals surface area (Å²) in [6, 6.07) is 0.401. The molecule has 0 spiro atoms. The van der Waals surface area contributed by atoms with Gasteiger partial charge in [-0.3, -0.25) is 10.1 Å². The van der Waals surface area contributed by atoms with E-state index in [1.54, 1.807) is 6.92 Å². The molecule has 0 radical (unpaired) electrons. The molecule has 8 heteroatoms. The zero-order valence-electron chi connectivity index (χ0n) is 8.11. The van der Waals surface area contributed by atoms with E-state index in [1.807, 2.05) is 0 Å². The Morgan fingerprint density at radius 1 is 1.56 bits per heavy atom. The number of nitro groups is 1. The lowest BCUT2D eigenvalue weighted by molar-refractivity contribution is -0.386. The van der Waals surface area contributed by atoms with E-state index in [9.17, 15) is 23.3 Å². The van der Waals surface area contributed by atoms with Gasteiger partial charge in [0.1, 0.15) is 0 Å². The Balaban J connectivity index is 3.23. The fourth-order valence-corrected chi connectivity index (χ4v) is 0.974. The van der Waals surface area contributed by atoms with Gasteiger partial charge in [0.2, 0.25) is 0 Å². The molecule has 1 heterocycles. The third-order valence-electron chi connectivity index (χ3n) is 1.64. The first-order chi connectivity index (χ1) is 7.36. The number of halogens is 3. The fourth-order valence-electron chi connectivity index (χ4n) is 0.974. The molecule has 16 heavy (non-hydrogen) atoms. The number of aromatic nitrogens is 1. The minimum Gasteiger partial charge on any atom is -0.473 e. The van der Waals surface area contributed by atoms with Crippen molar-refractivity contribution >= 4 is 5.69 Å². The van der Waals surface area contributed by atoms with Crippen molar-refractivity contribution in [2.45, 2.75) is 13.1 Å². The molecule has 0 saturated carbocycles. The van der Waals surface area contributed by atoms with Gasteiger partial charge in [0.05, 0.1) is 17.1 Å². The summed E-state index contributed by atoms with van der Waals surface area (Å²) in [6.45, 7) is 1.63. The first-order valence-electron chi connectivity index (χ1n) is 4.20. The molecule has 0 N–H and O–H groups in total. The van der Waals surface area contributed by atoms with Crippen molar-refractivity contribution in [3.05, 3.63) is 27.9 Å². The molecule has 0 amide bonds. The summed E-state index contributed by atoms with van der Waals surface area (Å²) in [4.78, 5) is 12.8. The molecule has 1 rings (SSSR count). The topological polar surface area (TPSA) is 65.3 Å². The largest absolute Gasteiger partial charge is 0.473 e.